The third-order valence-corrected chi connectivity index (χ3v) is 5.86. The summed E-state index contributed by atoms with van der Waals surface area (Å²) in [5.74, 6) is -0.0836. The third-order valence-electron chi connectivity index (χ3n) is 4.38. The highest BCUT2D eigenvalue weighted by Gasteiger charge is 2.15. The summed E-state index contributed by atoms with van der Waals surface area (Å²) in [6, 6.07) is 14.7. The molecule has 0 heterocycles. The van der Waals surface area contributed by atoms with Crippen LogP contribution >= 0.6 is 0 Å². The van der Waals surface area contributed by atoms with Gasteiger partial charge in [-0.1, -0.05) is 43.3 Å². The Hall–Kier alpha value is -2.18. The molecule has 0 aliphatic carbocycles. The van der Waals surface area contributed by atoms with Crippen LogP contribution in [0.4, 0.5) is 0 Å². The van der Waals surface area contributed by atoms with Gasteiger partial charge in [0.25, 0.3) is 0 Å². The number of hydrogen-bond acceptors (Lipinski definition) is 3. The predicted molar refractivity (Wildman–Crippen MR) is 103 cm³/mol. The van der Waals surface area contributed by atoms with Crippen LogP contribution < -0.4 is 4.72 Å². The van der Waals surface area contributed by atoms with Crippen LogP contribution in [0.3, 0.4) is 0 Å². The first-order valence-corrected chi connectivity index (χ1v) is 10.2. The summed E-state index contributed by atoms with van der Waals surface area (Å²) in [4.78, 5) is 13.8. The molecule has 1 amide bonds. The molecule has 0 fully saturated rings. The van der Waals surface area contributed by atoms with Gasteiger partial charge in [0.15, 0.2) is 0 Å². The van der Waals surface area contributed by atoms with E-state index in [2.05, 4.69) is 4.72 Å². The molecule has 140 valence electrons. The first-order chi connectivity index (χ1) is 12.3. The summed E-state index contributed by atoms with van der Waals surface area (Å²) in [5.41, 5.74) is 3.25. The Kier molecular flexibility index (Phi) is 6.94. The Morgan fingerprint density at radius 2 is 1.73 bits per heavy atom. The van der Waals surface area contributed by atoms with Gasteiger partial charge in [0.05, 0.1) is 4.90 Å². The van der Waals surface area contributed by atoms with E-state index >= 15 is 0 Å². The molecule has 0 bridgehead atoms. The van der Waals surface area contributed by atoms with Crippen molar-refractivity contribution in [3.05, 3.63) is 65.2 Å². The van der Waals surface area contributed by atoms with Gasteiger partial charge in [-0.05, 0) is 42.2 Å². The molecule has 5 nitrogen and oxygen atoms in total. The molecule has 0 spiro atoms. The van der Waals surface area contributed by atoms with Gasteiger partial charge in [-0.25, -0.2) is 13.1 Å². The van der Waals surface area contributed by atoms with Crippen LogP contribution in [-0.4, -0.2) is 32.3 Å². The summed E-state index contributed by atoms with van der Waals surface area (Å²) in [5, 5.41) is 0. The lowest BCUT2D eigenvalue weighted by Crippen LogP contribution is -2.37. The molecule has 0 aliphatic heterocycles. The minimum absolute atomic E-state index is 0.0836. The molecule has 0 saturated carbocycles. The Morgan fingerprint density at radius 3 is 2.31 bits per heavy atom. The van der Waals surface area contributed by atoms with Gasteiger partial charge < -0.3 is 4.90 Å². The highest BCUT2D eigenvalue weighted by Crippen LogP contribution is 2.12. The number of nitrogens with zero attached hydrogens (tertiary/aromatic N) is 1. The number of carbonyl (C=O) groups excluding carboxylic acids is 1. The van der Waals surface area contributed by atoms with Crippen LogP contribution in [0.2, 0.25) is 0 Å². The van der Waals surface area contributed by atoms with Crippen molar-refractivity contribution in [3.63, 3.8) is 0 Å². The lowest BCUT2D eigenvalue weighted by molar-refractivity contribution is -0.129. The zero-order chi connectivity index (χ0) is 19.2. The second-order valence-electron chi connectivity index (χ2n) is 6.26. The lowest BCUT2D eigenvalue weighted by atomic mass is 10.1. The van der Waals surface area contributed by atoms with Gasteiger partial charge in [-0.3, -0.25) is 4.79 Å². The van der Waals surface area contributed by atoms with Crippen molar-refractivity contribution >= 4 is 15.9 Å². The third kappa shape index (κ3) is 5.41. The van der Waals surface area contributed by atoms with E-state index in [1.807, 2.05) is 50.2 Å². The molecule has 0 saturated heterocycles. The molecule has 1 N–H and O–H groups in total. The second kappa shape index (κ2) is 8.96. The normalized spacial score (nSPS) is 11.3. The molecule has 0 unspecified atom stereocenters. The van der Waals surface area contributed by atoms with Gasteiger partial charge in [0, 0.05) is 26.6 Å². The fourth-order valence-electron chi connectivity index (χ4n) is 2.64. The van der Waals surface area contributed by atoms with Gasteiger partial charge in [-0.15, -0.1) is 0 Å². The monoisotopic (exact) mass is 374 g/mol. The highest BCUT2D eigenvalue weighted by atomic mass is 32.2. The van der Waals surface area contributed by atoms with E-state index in [0.29, 0.717) is 13.1 Å². The van der Waals surface area contributed by atoms with Crippen LogP contribution in [0.25, 0.3) is 0 Å². The molecular formula is C20H26N2O3S. The van der Waals surface area contributed by atoms with Crippen molar-refractivity contribution in [3.8, 4) is 0 Å². The fraction of sp³-hybridized carbons (Fsp3) is 0.350. The van der Waals surface area contributed by atoms with E-state index in [4.69, 9.17) is 0 Å². The lowest BCUT2D eigenvalue weighted by Gasteiger charge is -2.22. The minimum atomic E-state index is -3.58. The molecular weight excluding hydrogens is 348 g/mol. The predicted octanol–water partition coefficient (Wildman–Crippen LogP) is 2.88. The molecule has 0 radical (unpaired) electrons. The maximum absolute atomic E-state index is 12.4. The average molecular weight is 375 g/mol. The number of sulfonamides is 1. The van der Waals surface area contributed by atoms with Crippen LogP contribution in [0.1, 0.15) is 30.5 Å². The zero-order valence-electron chi connectivity index (χ0n) is 15.5. The van der Waals surface area contributed by atoms with E-state index in [0.717, 1.165) is 23.1 Å². The van der Waals surface area contributed by atoms with Crippen molar-refractivity contribution in [1.82, 2.24) is 9.62 Å². The fourth-order valence-corrected chi connectivity index (χ4v) is 3.66. The molecule has 0 aliphatic rings. The Bertz CT molecular complexity index is 846. The van der Waals surface area contributed by atoms with Crippen molar-refractivity contribution in [2.75, 3.05) is 13.1 Å². The smallest absolute Gasteiger partial charge is 0.240 e. The SMILES string of the molecule is CCc1ccc(S(=O)(=O)NCCN(Cc2ccccc2C)C(C)=O)cc1. The van der Waals surface area contributed by atoms with Gasteiger partial charge in [0.2, 0.25) is 15.9 Å². The quantitative estimate of drug-likeness (QED) is 0.773. The van der Waals surface area contributed by atoms with Crippen LogP contribution in [0.5, 0.6) is 0 Å². The van der Waals surface area contributed by atoms with E-state index < -0.39 is 10.0 Å². The van der Waals surface area contributed by atoms with E-state index in [1.165, 1.54) is 6.92 Å². The Balaban J connectivity index is 1.98. The maximum atomic E-state index is 12.4. The summed E-state index contributed by atoms with van der Waals surface area (Å²) in [6.07, 6.45) is 0.861. The average Bonchev–Trinajstić information content (AvgIpc) is 2.62. The number of hydrogen-bond donors (Lipinski definition) is 1. The topological polar surface area (TPSA) is 66.5 Å². The molecule has 2 aromatic carbocycles. The Labute approximate surface area is 156 Å². The number of aryl methyl sites for hydroxylation is 2. The van der Waals surface area contributed by atoms with Crippen LogP contribution in [0, 0.1) is 6.92 Å². The molecule has 2 aromatic rings. The van der Waals surface area contributed by atoms with E-state index in [1.54, 1.807) is 17.0 Å². The summed E-state index contributed by atoms with van der Waals surface area (Å²) in [6.45, 7) is 6.47. The van der Waals surface area contributed by atoms with Gasteiger partial charge in [0.1, 0.15) is 0 Å². The van der Waals surface area contributed by atoms with Gasteiger partial charge in [-0.2, -0.15) is 0 Å². The van der Waals surface area contributed by atoms with Gasteiger partial charge >= 0.3 is 0 Å². The molecule has 2 rings (SSSR count). The first kappa shape index (κ1) is 20.1. The van der Waals surface area contributed by atoms with E-state index in [9.17, 15) is 13.2 Å². The summed E-state index contributed by atoms with van der Waals surface area (Å²) in [7, 11) is -3.58. The number of carbonyl (C=O) groups is 1. The maximum Gasteiger partial charge on any atom is 0.240 e. The molecule has 0 atom stereocenters. The summed E-state index contributed by atoms with van der Waals surface area (Å²) < 4.78 is 27.3. The van der Waals surface area contributed by atoms with Crippen molar-refractivity contribution in [1.29, 1.82) is 0 Å². The standard InChI is InChI=1S/C20H26N2O3S/c1-4-18-9-11-20(12-10-18)26(24,25)21-13-14-22(17(3)23)15-19-8-6-5-7-16(19)2/h5-12,21H,4,13-15H2,1-3H3. The van der Waals surface area contributed by atoms with Crippen LogP contribution in [-0.2, 0) is 27.8 Å². The number of benzene rings is 2. The number of amides is 1. The Morgan fingerprint density at radius 1 is 1.08 bits per heavy atom. The first-order valence-electron chi connectivity index (χ1n) is 8.72. The second-order valence-corrected chi connectivity index (χ2v) is 8.03. The summed E-state index contributed by atoms with van der Waals surface area (Å²) >= 11 is 0. The molecule has 6 heteroatoms. The number of rotatable bonds is 8. The minimum Gasteiger partial charge on any atom is -0.337 e. The van der Waals surface area contributed by atoms with Crippen molar-refractivity contribution in [2.45, 2.75) is 38.6 Å². The van der Waals surface area contributed by atoms with Crippen molar-refractivity contribution < 1.29 is 13.2 Å². The molecule has 0 aromatic heterocycles. The highest BCUT2D eigenvalue weighted by molar-refractivity contribution is 7.89. The number of nitrogens with one attached hydrogen (secondary N) is 1. The largest absolute Gasteiger partial charge is 0.337 e. The zero-order valence-corrected chi connectivity index (χ0v) is 16.3. The molecule has 26 heavy (non-hydrogen) atoms. The van der Waals surface area contributed by atoms with Crippen LogP contribution in [0.15, 0.2) is 53.4 Å². The van der Waals surface area contributed by atoms with E-state index in [-0.39, 0.29) is 17.3 Å². The van der Waals surface area contributed by atoms with Crippen molar-refractivity contribution in [2.24, 2.45) is 0 Å².